The molecule has 22 nitrogen and oxygen atoms in total. The number of carbonyl (C=O) groups excluding carboxylic acids is 3. The number of H-pyrrole nitrogens is 3. The molecule has 3 amide bonds. The lowest BCUT2D eigenvalue weighted by molar-refractivity contribution is -0.141. The van der Waals surface area contributed by atoms with Gasteiger partial charge in [-0.05, 0) is 76.1 Å². The summed E-state index contributed by atoms with van der Waals surface area (Å²) in [4.78, 5) is 87.7. The molecule has 1 saturated heterocycles. The normalized spacial score (nSPS) is 15.2. The molecule has 85 heavy (non-hydrogen) atoms. The molecule has 1 aliphatic rings. The van der Waals surface area contributed by atoms with E-state index in [1.807, 2.05) is 38.2 Å². The lowest BCUT2D eigenvalue weighted by atomic mass is 9.87. The molecule has 0 spiro atoms. The maximum Gasteiger partial charge on any atom is 0.405 e. The summed E-state index contributed by atoms with van der Waals surface area (Å²) in [6, 6.07) is 11.1. The van der Waals surface area contributed by atoms with Crippen LogP contribution in [0, 0.1) is 11.7 Å². The summed E-state index contributed by atoms with van der Waals surface area (Å²) in [5, 5.41) is 22.8. The van der Waals surface area contributed by atoms with E-state index in [9.17, 15) is 50.2 Å². The molecule has 30 heteroatoms. The van der Waals surface area contributed by atoms with Gasteiger partial charge < -0.3 is 51.1 Å². The van der Waals surface area contributed by atoms with Crippen LogP contribution in [-0.4, -0.2) is 156 Å². The summed E-state index contributed by atoms with van der Waals surface area (Å²) in [6.45, 7) is 8.19. The van der Waals surface area contributed by atoms with Crippen molar-refractivity contribution in [1.82, 2.24) is 75.3 Å². The zero-order valence-electron chi connectivity index (χ0n) is 46.6. The fourth-order valence-corrected chi connectivity index (χ4v) is 9.10. The van der Waals surface area contributed by atoms with Gasteiger partial charge in [-0.25, -0.2) is 49.2 Å². The second-order valence-corrected chi connectivity index (χ2v) is 21.0. The SMILES string of the molecule is CC(C)[C@@](C)(Nc1ccnc(-c2c[nH]c3ncccc23)n1)C(=O)NCC(F)(F)F.CCN(C)C(=O)C(C)(C)Nc1ccnc(-c2c[nH]c3ncc(Cl)cc23)n1.O=C(NCC(F)(F)F)[C@H]1C[C@H](O)CN1c1nc(-c2c[nH]c3ncccc23)ncc1F.[HH].[HH].[HH].[HH]. The van der Waals surface area contributed by atoms with Crippen molar-refractivity contribution in [3.8, 4) is 34.2 Å². The third-order valence-corrected chi connectivity index (χ3v) is 13.9. The molecule has 9 aromatic rings. The average molecular weight is 1210 g/mol. The van der Waals surface area contributed by atoms with E-state index >= 15 is 0 Å². The minimum absolute atomic E-state index is 0. The predicted molar refractivity (Wildman–Crippen MR) is 313 cm³/mol. The van der Waals surface area contributed by atoms with Gasteiger partial charge in [-0.15, -0.1) is 0 Å². The van der Waals surface area contributed by atoms with E-state index in [0.717, 1.165) is 33.0 Å². The van der Waals surface area contributed by atoms with Crippen LogP contribution < -0.4 is 26.2 Å². The smallest absolute Gasteiger partial charge is 0.391 e. The summed E-state index contributed by atoms with van der Waals surface area (Å²) >= 11 is 6.06. The maximum atomic E-state index is 14.5. The van der Waals surface area contributed by atoms with E-state index in [2.05, 4.69) is 70.4 Å². The lowest BCUT2D eigenvalue weighted by Crippen LogP contribution is -2.55. The van der Waals surface area contributed by atoms with Gasteiger partial charge in [0.1, 0.15) is 58.8 Å². The molecule has 0 saturated carbocycles. The highest BCUT2D eigenvalue weighted by Crippen LogP contribution is 2.33. The number of aliphatic hydroxyl groups is 1. The number of pyridine rings is 3. The first-order chi connectivity index (χ1) is 40.1. The Morgan fingerprint density at radius 2 is 1.25 bits per heavy atom. The number of carbonyl (C=O) groups is 3. The molecule has 0 radical (unpaired) electrons. The molecule has 3 atom stereocenters. The van der Waals surface area contributed by atoms with Crippen molar-refractivity contribution < 1.29 is 55.9 Å². The summed E-state index contributed by atoms with van der Waals surface area (Å²) < 4.78 is 89.4. The van der Waals surface area contributed by atoms with Gasteiger partial charge in [0.15, 0.2) is 29.1 Å². The number of halogens is 8. The van der Waals surface area contributed by atoms with E-state index in [1.165, 1.54) is 6.20 Å². The molecule has 1 fully saturated rings. The van der Waals surface area contributed by atoms with Crippen LogP contribution in [0.5, 0.6) is 0 Å². The number of rotatable bonds is 15. The first-order valence-corrected chi connectivity index (χ1v) is 26.6. The summed E-state index contributed by atoms with van der Waals surface area (Å²) in [6.07, 6.45) is 3.81. The number of aromatic amines is 3. The highest BCUT2D eigenvalue weighted by atomic mass is 35.5. The van der Waals surface area contributed by atoms with Crippen molar-refractivity contribution in [2.24, 2.45) is 5.92 Å². The number of aliphatic hydroxyl groups excluding tert-OH is 1. The van der Waals surface area contributed by atoms with Gasteiger partial charge >= 0.3 is 12.4 Å². The maximum absolute atomic E-state index is 14.5. The van der Waals surface area contributed by atoms with Gasteiger partial charge in [-0.3, -0.25) is 14.4 Å². The summed E-state index contributed by atoms with van der Waals surface area (Å²) in [7, 11) is 1.78. The van der Waals surface area contributed by atoms with Crippen LogP contribution in [0.15, 0.2) is 98.2 Å². The van der Waals surface area contributed by atoms with Gasteiger partial charge in [0, 0.05) is 115 Å². The largest absolute Gasteiger partial charge is 0.405 e. The summed E-state index contributed by atoms with van der Waals surface area (Å²) in [5.74, 6) is -1.24. The van der Waals surface area contributed by atoms with E-state index in [-0.39, 0.29) is 42.1 Å². The second kappa shape index (κ2) is 25.4. The van der Waals surface area contributed by atoms with Crippen LogP contribution >= 0.6 is 11.6 Å². The monoisotopic (exact) mass is 1210 g/mol. The van der Waals surface area contributed by atoms with Crippen molar-refractivity contribution in [2.75, 3.05) is 48.8 Å². The van der Waals surface area contributed by atoms with Crippen LogP contribution in [-0.2, 0) is 14.4 Å². The average Bonchev–Trinajstić information content (AvgIpc) is 2.25. The van der Waals surface area contributed by atoms with Gasteiger partial charge in [0.25, 0.3) is 0 Å². The molecule has 456 valence electrons. The number of fused-ring (bicyclic) bond motifs is 3. The standard InChI is InChI=1S/C19H21F3N6O.C18H21ClN6O.C18H16F4N6O2.4H2/c1-11(2)18(3,17(29)26-10-19(20,21)22)28-14-6-8-24-16(27-14)13-9-25-15-12(13)5-4-7-23-15;1-5-25(4)17(26)18(2,3)24-14-6-7-20-16(23-14)13-10-22-15-12(13)8-11(19)9-21-15;19-12-6-25-15(11-5-24-14-10(11)2-1-3-23-14)27-16(12)28-7-9(29)4-13(28)17(30)26-8-18(20,21)22;;;;/h4-9,11H,10H2,1-3H3,(H,23,25)(H,26,29)(H,24,27,28);6-10H,5H2,1-4H3,(H,21,22)(H,20,23,24);1-3,5-6,9,13,29H,4,7-8H2,(H,23,24)(H,26,30);4*1H/t18-;;9-,13+;;;;/m1.0..../s1. The number of aromatic nitrogens is 12. The van der Waals surface area contributed by atoms with Crippen molar-refractivity contribution in [1.29, 1.82) is 0 Å². The Hall–Kier alpha value is -9.12. The number of alkyl halides is 6. The fraction of sp³-hybridized carbons (Fsp3) is 0.345. The Morgan fingerprint density at radius 3 is 1.79 bits per heavy atom. The third kappa shape index (κ3) is 14.8. The van der Waals surface area contributed by atoms with Crippen LogP contribution in [0.2, 0.25) is 5.02 Å². The molecule has 0 bridgehead atoms. The topological polar surface area (TPSA) is 289 Å². The Kier molecular flexibility index (Phi) is 18.5. The minimum atomic E-state index is -4.59. The van der Waals surface area contributed by atoms with E-state index in [1.54, 1.807) is 112 Å². The number of hydrogen-bond donors (Lipinski definition) is 8. The number of nitrogens with zero attached hydrogens (tertiary/aromatic N) is 11. The molecular formula is C55H66ClF7N18O4. The number of amides is 3. The van der Waals surface area contributed by atoms with Gasteiger partial charge in [-0.1, -0.05) is 25.4 Å². The number of β-amino-alcohol motifs (C(OH)–C–C–N with tert-alkyl or cyclic N) is 1. The van der Waals surface area contributed by atoms with E-state index in [0.29, 0.717) is 62.7 Å². The highest BCUT2D eigenvalue weighted by molar-refractivity contribution is 6.31. The number of hydrogen-bond acceptors (Lipinski definition) is 16. The Bertz CT molecular complexity index is 3860. The van der Waals surface area contributed by atoms with Crippen LogP contribution in [0.1, 0.15) is 53.7 Å². The van der Waals surface area contributed by atoms with Crippen LogP contribution in [0.3, 0.4) is 0 Å². The van der Waals surface area contributed by atoms with E-state index < -0.39 is 66.3 Å². The number of nitrogens with one attached hydrogen (secondary N) is 7. The number of anilines is 3. The van der Waals surface area contributed by atoms with Gasteiger partial charge in [-0.2, -0.15) is 26.3 Å². The quantitative estimate of drug-likeness (QED) is 0.0443. The molecule has 0 aliphatic carbocycles. The molecule has 10 rings (SSSR count). The molecule has 0 unspecified atom stereocenters. The molecule has 9 aromatic heterocycles. The highest BCUT2D eigenvalue weighted by Gasteiger charge is 2.41. The second-order valence-electron chi connectivity index (χ2n) is 20.6. The van der Waals surface area contributed by atoms with Gasteiger partial charge in [0.2, 0.25) is 17.7 Å². The van der Waals surface area contributed by atoms with Crippen LogP contribution in [0.25, 0.3) is 67.3 Å². The lowest BCUT2D eigenvalue weighted by Gasteiger charge is -2.34. The summed E-state index contributed by atoms with van der Waals surface area (Å²) in [5.41, 5.74) is 1.94. The molecule has 0 aromatic carbocycles. The molecule has 8 N–H and O–H groups in total. The van der Waals surface area contributed by atoms with Crippen molar-refractivity contribution in [3.63, 3.8) is 0 Å². The fourth-order valence-electron chi connectivity index (χ4n) is 8.94. The Labute approximate surface area is 491 Å². The molecule has 10 heterocycles. The zero-order chi connectivity index (χ0) is 61.6. The zero-order valence-corrected chi connectivity index (χ0v) is 47.4. The predicted octanol–water partition coefficient (Wildman–Crippen LogP) is 9.63. The number of likely N-dealkylation sites (N-methyl/N-ethyl adjacent to an activating group) is 1. The van der Waals surface area contributed by atoms with Crippen molar-refractivity contribution in [2.45, 2.75) is 83.5 Å². The first kappa shape index (κ1) is 61.9. The molecule has 1 aliphatic heterocycles. The van der Waals surface area contributed by atoms with Crippen molar-refractivity contribution >= 4 is 79.9 Å². The van der Waals surface area contributed by atoms with Crippen LogP contribution in [0.4, 0.5) is 48.2 Å². The Balaban J connectivity index is 0.000000280. The van der Waals surface area contributed by atoms with Gasteiger partial charge in [0.05, 0.1) is 17.3 Å². The molecular weight excluding hydrogens is 1150 g/mol. The third-order valence-electron chi connectivity index (χ3n) is 13.7. The Morgan fingerprint density at radius 1 is 0.729 bits per heavy atom. The minimum Gasteiger partial charge on any atom is -0.391 e. The van der Waals surface area contributed by atoms with E-state index in [4.69, 9.17) is 11.6 Å². The van der Waals surface area contributed by atoms with Crippen molar-refractivity contribution in [3.05, 3.63) is 109 Å². The first-order valence-electron chi connectivity index (χ1n) is 26.3.